The van der Waals surface area contributed by atoms with Crippen LogP contribution >= 0.6 is 0 Å². The Kier molecular flexibility index (Phi) is 5.56. The fourth-order valence-corrected chi connectivity index (χ4v) is 2.79. The Morgan fingerprint density at radius 2 is 1.96 bits per heavy atom. The number of rotatable bonds is 5. The van der Waals surface area contributed by atoms with E-state index in [9.17, 15) is 14.4 Å². The number of esters is 1. The van der Waals surface area contributed by atoms with Crippen LogP contribution in [-0.2, 0) is 14.3 Å². The Balaban J connectivity index is 2.06. The molecule has 7 nitrogen and oxygen atoms in total. The number of aliphatic carboxylic acids is 1. The predicted octanol–water partition coefficient (Wildman–Crippen LogP) is 1.06. The molecular formula is C16H20N2O5. The lowest BCUT2D eigenvalue weighted by molar-refractivity contribution is -0.145. The van der Waals surface area contributed by atoms with E-state index in [0.717, 1.165) is 5.56 Å². The first kappa shape index (κ1) is 16.8. The molecule has 0 bridgehead atoms. The van der Waals surface area contributed by atoms with Crippen LogP contribution in [-0.4, -0.2) is 54.7 Å². The Bertz CT molecular complexity index is 575. The highest BCUT2D eigenvalue weighted by atomic mass is 16.5. The average Bonchev–Trinajstić information content (AvgIpc) is 3.00. The minimum Gasteiger partial charge on any atom is -0.481 e. The van der Waals surface area contributed by atoms with Gasteiger partial charge in [0.25, 0.3) is 0 Å². The van der Waals surface area contributed by atoms with E-state index in [1.165, 1.54) is 12.0 Å². The molecule has 1 aliphatic rings. The number of carboxylic acids is 1. The number of amides is 2. The maximum atomic E-state index is 12.1. The smallest absolute Gasteiger partial charge is 0.317 e. The van der Waals surface area contributed by atoms with E-state index in [1.54, 1.807) is 0 Å². The Labute approximate surface area is 134 Å². The molecule has 0 radical (unpaired) electrons. The number of methoxy groups -OCH3 is 1. The third-order valence-corrected chi connectivity index (χ3v) is 3.95. The van der Waals surface area contributed by atoms with Gasteiger partial charge in [0.1, 0.15) is 0 Å². The molecule has 2 N–H and O–H groups in total. The third-order valence-electron chi connectivity index (χ3n) is 3.95. The van der Waals surface area contributed by atoms with Crippen molar-refractivity contribution in [1.82, 2.24) is 10.2 Å². The molecule has 1 aromatic rings. The summed E-state index contributed by atoms with van der Waals surface area (Å²) in [5.74, 6) is -1.87. The van der Waals surface area contributed by atoms with Gasteiger partial charge >= 0.3 is 18.0 Å². The van der Waals surface area contributed by atoms with Crippen molar-refractivity contribution in [2.75, 3.05) is 26.7 Å². The zero-order valence-corrected chi connectivity index (χ0v) is 12.9. The Morgan fingerprint density at radius 3 is 2.57 bits per heavy atom. The topological polar surface area (TPSA) is 95.9 Å². The van der Waals surface area contributed by atoms with Crippen LogP contribution in [0.2, 0.25) is 0 Å². The zero-order valence-electron chi connectivity index (χ0n) is 12.9. The van der Waals surface area contributed by atoms with Crippen molar-refractivity contribution in [3.8, 4) is 0 Å². The van der Waals surface area contributed by atoms with Gasteiger partial charge in [-0.2, -0.15) is 0 Å². The fourth-order valence-electron chi connectivity index (χ4n) is 2.79. The van der Waals surface area contributed by atoms with E-state index in [-0.39, 0.29) is 37.4 Å². The number of benzene rings is 1. The van der Waals surface area contributed by atoms with E-state index in [4.69, 9.17) is 9.84 Å². The zero-order chi connectivity index (χ0) is 16.8. The molecular weight excluding hydrogens is 300 g/mol. The molecule has 2 rings (SSSR count). The minimum atomic E-state index is -0.971. The number of carboxylic acid groups (broad SMARTS) is 1. The molecule has 2 atom stereocenters. The van der Waals surface area contributed by atoms with Crippen LogP contribution in [0.25, 0.3) is 0 Å². The van der Waals surface area contributed by atoms with E-state index >= 15 is 0 Å². The van der Waals surface area contributed by atoms with E-state index in [1.807, 2.05) is 30.3 Å². The first-order valence-corrected chi connectivity index (χ1v) is 7.40. The number of nitrogens with zero attached hydrogens (tertiary/aromatic N) is 1. The van der Waals surface area contributed by atoms with Gasteiger partial charge in [-0.05, 0) is 5.56 Å². The monoisotopic (exact) mass is 320 g/mol. The van der Waals surface area contributed by atoms with Crippen molar-refractivity contribution in [3.05, 3.63) is 35.9 Å². The SMILES string of the molecule is COC(=O)[C@@H]1CN(C(=O)NCCC(=O)O)C[C@@H]1c1ccccc1. The number of carbonyl (C=O) groups is 3. The van der Waals surface area contributed by atoms with Gasteiger partial charge < -0.3 is 20.1 Å². The maximum Gasteiger partial charge on any atom is 0.317 e. The molecule has 1 heterocycles. The second-order valence-electron chi connectivity index (χ2n) is 5.43. The number of nitrogens with one attached hydrogen (secondary N) is 1. The maximum absolute atomic E-state index is 12.1. The molecule has 1 fully saturated rings. The highest BCUT2D eigenvalue weighted by Crippen LogP contribution is 2.33. The molecule has 2 amide bonds. The summed E-state index contributed by atoms with van der Waals surface area (Å²) >= 11 is 0. The molecule has 0 aromatic heterocycles. The van der Waals surface area contributed by atoms with Crippen LogP contribution in [0.1, 0.15) is 17.9 Å². The first-order chi connectivity index (χ1) is 11.0. The van der Waals surface area contributed by atoms with Gasteiger partial charge in [-0.15, -0.1) is 0 Å². The molecule has 1 aliphatic heterocycles. The number of carbonyl (C=O) groups excluding carboxylic acids is 2. The van der Waals surface area contributed by atoms with Crippen LogP contribution in [0.5, 0.6) is 0 Å². The van der Waals surface area contributed by atoms with Crippen molar-refractivity contribution in [3.63, 3.8) is 0 Å². The number of hydrogen-bond acceptors (Lipinski definition) is 4. The summed E-state index contributed by atoms with van der Waals surface area (Å²) < 4.78 is 4.85. The van der Waals surface area contributed by atoms with E-state index < -0.39 is 11.9 Å². The fraction of sp³-hybridized carbons (Fsp3) is 0.438. The van der Waals surface area contributed by atoms with Gasteiger partial charge in [-0.25, -0.2) is 4.79 Å². The molecule has 0 saturated carbocycles. The molecule has 1 aromatic carbocycles. The van der Waals surface area contributed by atoms with Crippen molar-refractivity contribution >= 4 is 18.0 Å². The highest BCUT2D eigenvalue weighted by molar-refractivity contribution is 5.79. The normalized spacial score (nSPS) is 20.1. The number of likely N-dealkylation sites (tertiary alicyclic amines) is 1. The van der Waals surface area contributed by atoms with Crippen LogP contribution in [0.15, 0.2) is 30.3 Å². The van der Waals surface area contributed by atoms with Crippen molar-refractivity contribution in [2.45, 2.75) is 12.3 Å². The van der Waals surface area contributed by atoms with E-state index in [0.29, 0.717) is 6.54 Å². The second kappa shape index (κ2) is 7.62. The summed E-state index contributed by atoms with van der Waals surface area (Å²) in [5.41, 5.74) is 0.976. The Morgan fingerprint density at radius 1 is 1.26 bits per heavy atom. The summed E-state index contributed by atoms with van der Waals surface area (Å²) in [4.78, 5) is 36.2. The standard InChI is InChI=1S/C16H20N2O5/c1-23-15(21)13-10-18(16(22)17-8-7-14(19)20)9-12(13)11-5-3-2-4-6-11/h2-6,12-13H,7-10H2,1H3,(H,17,22)(H,19,20)/t12-,13-/m1/s1. The molecule has 124 valence electrons. The van der Waals surface area contributed by atoms with Gasteiger partial charge in [-0.3, -0.25) is 9.59 Å². The first-order valence-electron chi connectivity index (χ1n) is 7.40. The number of ether oxygens (including phenoxy) is 1. The molecule has 7 heteroatoms. The van der Waals surface area contributed by atoms with Crippen LogP contribution < -0.4 is 5.32 Å². The summed E-state index contributed by atoms with van der Waals surface area (Å²) in [5, 5.41) is 11.2. The lowest BCUT2D eigenvalue weighted by Crippen LogP contribution is -2.39. The quantitative estimate of drug-likeness (QED) is 0.791. The van der Waals surface area contributed by atoms with Gasteiger partial charge in [0.2, 0.25) is 0 Å². The van der Waals surface area contributed by atoms with Crippen LogP contribution in [0.4, 0.5) is 4.79 Å². The summed E-state index contributed by atoms with van der Waals surface area (Å²) in [7, 11) is 1.33. The van der Waals surface area contributed by atoms with Crippen molar-refractivity contribution in [1.29, 1.82) is 0 Å². The van der Waals surface area contributed by atoms with E-state index in [2.05, 4.69) is 5.32 Å². The molecule has 0 unspecified atom stereocenters. The Hall–Kier alpha value is -2.57. The third kappa shape index (κ3) is 4.21. The lowest BCUT2D eigenvalue weighted by Gasteiger charge is -2.17. The van der Waals surface area contributed by atoms with Gasteiger partial charge in [0.15, 0.2) is 0 Å². The summed E-state index contributed by atoms with van der Waals surface area (Å²) in [6.07, 6.45) is -0.137. The largest absolute Gasteiger partial charge is 0.481 e. The second-order valence-corrected chi connectivity index (χ2v) is 5.43. The molecule has 0 spiro atoms. The molecule has 0 aliphatic carbocycles. The molecule has 23 heavy (non-hydrogen) atoms. The molecule has 1 saturated heterocycles. The van der Waals surface area contributed by atoms with Crippen LogP contribution in [0.3, 0.4) is 0 Å². The van der Waals surface area contributed by atoms with Crippen molar-refractivity contribution < 1.29 is 24.2 Å². The van der Waals surface area contributed by atoms with Gasteiger partial charge in [0.05, 0.1) is 19.4 Å². The van der Waals surface area contributed by atoms with Gasteiger partial charge in [0, 0.05) is 25.6 Å². The highest BCUT2D eigenvalue weighted by Gasteiger charge is 2.41. The van der Waals surface area contributed by atoms with Crippen molar-refractivity contribution in [2.24, 2.45) is 5.92 Å². The lowest BCUT2D eigenvalue weighted by atomic mass is 9.89. The number of urea groups is 1. The average molecular weight is 320 g/mol. The summed E-state index contributed by atoms with van der Waals surface area (Å²) in [6.45, 7) is 0.706. The number of hydrogen-bond donors (Lipinski definition) is 2. The van der Waals surface area contributed by atoms with Crippen LogP contribution in [0, 0.1) is 5.92 Å². The summed E-state index contributed by atoms with van der Waals surface area (Å²) in [6, 6.07) is 9.15. The minimum absolute atomic E-state index is 0.0591. The van der Waals surface area contributed by atoms with Gasteiger partial charge in [-0.1, -0.05) is 30.3 Å². The predicted molar refractivity (Wildman–Crippen MR) is 81.9 cm³/mol.